The van der Waals surface area contributed by atoms with Gasteiger partial charge in [0.25, 0.3) is 0 Å². The lowest BCUT2D eigenvalue weighted by molar-refractivity contribution is 0.588. The molecule has 3 heterocycles. The van der Waals surface area contributed by atoms with E-state index in [-0.39, 0.29) is 10.8 Å². The highest BCUT2D eigenvalue weighted by atomic mass is 14.9. The number of hydrogen-bond donors (Lipinski definition) is 1. The van der Waals surface area contributed by atoms with Crippen molar-refractivity contribution in [1.29, 1.82) is 0 Å². The molecule has 57 heavy (non-hydrogen) atoms. The van der Waals surface area contributed by atoms with Crippen molar-refractivity contribution in [2.75, 3.05) is 0 Å². The lowest BCUT2D eigenvalue weighted by Crippen LogP contribution is -2.18. The minimum absolute atomic E-state index is 0.0967. The van der Waals surface area contributed by atoms with Gasteiger partial charge >= 0.3 is 0 Å². The van der Waals surface area contributed by atoms with Crippen molar-refractivity contribution in [3.63, 3.8) is 0 Å². The summed E-state index contributed by atoms with van der Waals surface area (Å²) in [6.45, 7) is 31.8. The van der Waals surface area contributed by atoms with Crippen molar-refractivity contribution in [2.45, 2.75) is 131 Å². The van der Waals surface area contributed by atoms with E-state index in [9.17, 15) is 0 Å². The standard InChI is InChI=1S/C53H64N4/c1-32(2)42-17-15-18-43(33(3)4)50(42)36-21-23-54-46(27-36)38-25-39(52(9,10)11)29-41(26-38)56-49-31-40(53(12,13)14)30-48(57-49)47-28-37(22-24-55-47)51-44(34(5)6)19-16-20-45(51)35(7)8/h15-35H,1-14H3,(H,56,57). The largest absolute Gasteiger partial charge is 0.338 e. The van der Waals surface area contributed by atoms with Gasteiger partial charge in [0.2, 0.25) is 0 Å². The molecule has 0 aliphatic rings. The first-order valence-electron chi connectivity index (χ1n) is 21.0. The Morgan fingerprint density at radius 2 is 0.912 bits per heavy atom. The highest BCUT2D eigenvalue weighted by Crippen LogP contribution is 2.40. The molecule has 0 amide bonds. The van der Waals surface area contributed by atoms with Gasteiger partial charge in [0, 0.05) is 18.0 Å². The average Bonchev–Trinajstić information content (AvgIpc) is 3.16. The Morgan fingerprint density at radius 3 is 1.37 bits per heavy atom. The molecule has 4 heteroatoms. The maximum absolute atomic E-state index is 5.36. The van der Waals surface area contributed by atoms with Gasteiger partial charge < -0.3 is 4.98 Å². The summed E-state index contributed by atoms with van der Waals surface area (Å²) >= 11 is 0. The van der Waals surface area contributed by atoms with Gasteiger partial charge in [-0.1, -0.05) is 133 Å². The van der Waals surface area contributed by atoms with E-state index in [0.717, 1.165) is 33.8 Å². The zero-order chi connectivity index (χ0) is 41.4. The molecule has 0 aliphatic carbocycles. The molecule has 0 fully saturated rings. The number of aromatic nitrogens is 3. The molecule has 0 radical (unpaired) electrons. The maximum Gasteiger partial charge on any atom is 0.131 e. The van der Waals surface area contributed by atoms with Crippen LogP contribution in [-0.2, 0) is 10.8 Å². The number of hydrogen-bond acceptors (Lipinski definition) is 3. The number of rotatable bonds is 9. The topological polar surface area (TPSA) is 53.9 Å². The van der Waals surface area contributed by atoms with Crippen molar-refractivity contribution in [2.24, 2.45) is 4.99 Å². The number of nitrogens with zero attached hydrogens (tertiary/aromatic N) is 3. The van der Waals surface area contributed by atoms with E-state index in [4.69, 9.17) is 15.0 Å². The lowest BCUT2D eigenvalue weighted by atomic mass is 9.84. The highest BCUT2D eigenvalue weighted by Gasteiger charge is 2.21. The number of aromatic amines is 1. The Hall–Kier alpha value is -5.09. The fourth-order valence-corrected chi connectivity index (χ4v) is 7.83. The molecular formula is C53H64N4. The maximum atomic E-state index is 5.36. The molecule has 296 valence electrons. The summed E-state index contributed by atoms with van der Waals surface area (Å²) in [5, 5.41) is 0. The monoisotopic (exact) mass is 757 g/mol. The molecule has 0 saturated carbocycles. The number of H-pyrrole nitrogens is 1. The second-order valence-electron chi connectivity index (χ2n) is 19.1. The zero-order valence-electron chi connectivity index (χ0n) is 37.0. The van der Waals surface area contributed by atoms with Gasteiger partial charge in [-0.25, -0.2) is 4.99 Å². The van der Waals surface area contributed by atoms with Crippen LogP contribution in [-0.4, -0.2) is 15.0 Å². The second-order valence-corrected chi connectivity index (χ2v) is 19.1. The van der Waals surface area contributed by atoms with E-state index in [1.165, 1.54) is 55.6 Å². The summed E-state index contributed by atoms with van der Waals surface area (Å²) in [4.78, 5) is 19.0. The van der Waals surface area contributed by atoms with Crippen molar-refractivity contribution >= 4 is 5.69 Å². The minimum Gasteiger partial charge on any atom is -0.338 e. The molecule has 0 spiro atoms. The van der Waals surface area contributed by atoms with Gasteiger partial charge in [-0.3, -0.25) is 9.97 Å². The van der Waals surface area contributed by atoms with Crippen LogP contribution < -0.4 is 5.49 Å². The van der Waals surface area contributed by atoms with Crippen LogP contribution in [0.3, 0.4) is 0 Å². The predicted octanol–water partition coefficient (Wildman–Crippen LogP) is 14.8. The molecule has 0 unspecified atom stereocenters. The Labute approximate surface area is 343 Å². The molecule has 4 nitrogen and oxygen atoms in total. The molecule has 0 atom stereocenters. The van der Waals surface area contributed by atoms with E-state index in [1.54, 1.807) is 0 Å². The third kappa shape index (κ3) is 9.22. The van der Waals surface area contributed by atoms with Crippen LogP contribution >= 0.6 is 0 Å². The molecular weight excluding hydrogens is 693 g/mol. The van der Waals surface area contributed by atoms with Crippen molar-refractivity contribution in [3.8, 4) is 44.9 Å². The highest BCUT2D eigenvalue weighted by molar-refractivity contribution is 5.78. The first-order valence-corrected chi connectivity index (χ1v) is 21.0. The first kappa shape index (κ1) is 41.5. The lowest BCUT2D eigenvalue weighted by Gasteiger charge is -2.22. The smallest absolute Gasteiger partial charge is 0.131 e. The van der Waals surface area contributed by atoms with Crippen molar-refractivity contribution in [3.05, 3.63) is 142 Å². The first-order chi connectivity index (χ1) is 26.8. The third-order valence-electron chi connectivity index (χ3n) is 11.2. The van der Waals surface area contributed by atoms with Gasteiger partial charge in [0.05, 0.1) is 22.8 Å². The van der Waals surface area contributed by atoms with Crippen LogP contribution in [0, 0.1) is 0 Å². The normalized spacial score (nSPS) is 12.8. The molecule has 0 bridgehead atoms. The minimum atomic E-state index is -0.106. The van der Waals surface area contributed by atoms with Crippen molar-refractivity contribution < 1.29 is 0 Å². The number of pyridine rings is 3. The zero-order valence-corrected chi connectivity index (χ0v) is 37.0. The van der Waals surface area contributed by atoms with Gasteiger partial charge in [-0.2, -0.15) is 0 Å². The van der Waals surface area contributed by atoms with Crippen molar-refractivity contribution in [1.82, 2.24) is 15.0 Å². The molecule has 0 saturated heterocycles. The summed E-state index contributed by atoms with van der Waals surface area (Å²) in [6.07, 6.45) is 3.91. The van der Waals surface area contributed by atoms with E-state index >= 15 is 0 Å². The van der Waals surface area contributed by atoms with Crippen LogP contribution in [0.15, 0.2) is 108 Å². The van der Waals surface area contributed by atoms with Crippen LogP contribution in [0.5, 0.6) is 0 Å². The summed E-state index contributed by atoms with van der Waals surface area (Å²) in [5.41, 5.74) is 18.2. The fraction of sp³-hybridized carbons (Fsp3) is 0.377. The predicted molar refractivity (Wildman–Crippen MR) is 244 cm³/mol. The Balaban J connectivity index is 1.52. The Kier molecular flexibility index (Phi) is 12.0. The summed E-state index contributed by atoms with van der Waals surface area (Å²) in [6, 6.07) is 33.5. The third-order valence-corrected chi connectivity index (χ3v) is 11.2. The van der Waals surface area contributed by atoms with Crippen LogP contribution in [0.2, 0.25) is 0 Å². The summed E-state index contributed by atoms with van der Waals surface area (Å²) in [7, 11) is 0. The summed E-state index contributed by atoms with van der Waals surface area (Å²) in [5.74, 6) is 1.61. The average molecular weight is 757 g/mol. The second kappa shape index (κ2) is 16.4. The molecule has 6 rings (SSSR count). The van der Waals surface area contributed by atoms with Gasteiger partial charge in [-0.05, 0) is 145 Å². The Morgan fingerprint density at radius 1 is 0.474 bits per heavy atom. The van der Waals surface area contributed by atoms with Gasteiger partial charge in [-0.15, -0.1) is 0 Å². The quantitative estimate of drug-likeness (QED) is 0.160. The summed E-state index contributed by atoms with van der Waals surface area (Å²) < 4.78 is 0. The molecule has 3 aromatic carbocycles. The van der Waals surface area contributed by atoms with Crippen LogP contribution in [0.4, 0.5) is 5.69 Å². The SMILES string of the molecule is CC(C)c1cccc(C(C)C)c1-c1ccnc(-c2cc(N=c3cc(C(C)(C)C)cc(-c4cc(-c5c(C(C)C)cccc5C(C)C)ccn4)[nH]3)cc(C(C)(C)C)c2)c1. The van der Waals surface area contributed by atoms with E-state index < -0.39 is 0 Å². The number of nitrogens with one attached hydrogen (secondary N) is 1. The molecule has 1 N–H and O–H groups in total. The number of benzene rings is 3. The van der Waals surface area contributed by atoms with E-state index in [0.29, 0.717) is 23.7 Å². The molecule has 0 aliphatic heterocycles. The van der Waals surface area contributed by atoms with E-state index in [2.05, 4.69) is 193 Å². The van der Waals surface area contributed by atoms with E-state index in [1.807, 2.05) is 12.4 Å². The van der Waals surface area contributed by atoms with Crippen LogP contribution in [0.25, 0.3) is 44.9 Å². The molecule has 6 aromatic rings. The van der Waals surface area contributed by atoms with Gasteiger partial charge in [0.15, 0.2) is 0 Å². The van der Waals surface area contributed by atoms with Crippen LogP contribution in [0.1, 0.15) is 154 Å². The van der Waals surface area contributed by atoms with Gasteiger partial charge in [0.1, 0.15) is 5.49 Å². The Bertz CT molecular complexity index is 2390. The molecule has 3 aromatic heterocycles. The fourth-order valence-electron chi connectivity index (χ4n) is 7.83.